The third kappa shape index (κ3) is 3.24. The van der Waals surface area contributed by atoms with Crippen molar-refractivity contribution < 1.29 is 14.0 Å². The lowest BCUT2D eigenvalue weighted by Crippen LogP contribution is -2.26. The number of halogens is 2. The molecule has 1 N–H and O–H groups in total. The second-order valence-electron chi connectivity index (χ2n) is 5.46. The van der Waals surface area contributed by atoms with Crippen LogP contribution in [0.4, 0.5) is 4.39 Å². The summed E-state index contributed by atoms with van der Waals surface area (Å²) < 4.78 is 18.4. The van der Waals surface area contributed by atoms with Crippen LogP contribution in [0.5, 0.6) is 0 Å². The monoisotopic (exact) mass is 310 g/mol. The van der Waals surface area contributed by atoms with Crippen molar-refractivity contribution in [1.29, 1.82) is 0 Å². The van der Waals surface area contributed by atoms with E-state index in [0.29, 0.717) is 23.7 Å². The van der Waals surface area contributed by atoms with Crippen molar-refractivity contribution >= 4 is 11.6 Å². The molecule has 0 amide bonds. The number of hydrogen-bond donors (Lipinski definition) is 1. The minimum absolute atomic E-state index is 0.0292. The molecule has 6 heteroatoms. The highest BCUT2D eigenvalue weighted by Crippen LogP contribution is 2.28. The lowest BCUT2D eigenvalue weighted by molar-refractivity contribution is 0.0657. The summed E-state index contributed by atoms with van der Waals surface area (Å²) >= 11 is 5.75. The van der Waals surface area contributed by atoms with E-state index < -0.39 is 5.82 Å². The molecule has 1 saturated carbocycles. The molecule has 112 valence electrons. The zero-order valence-electron chi connectivity index (χ0n) is 11.4. The zero-order chi connectivity index (χ0) is 14.8. The molecule has 1 fully saturated rings. The second kappa shape index (κ2) is 6.12. The van der Waals surface area contributed by atoms with Crippen molar-refractivity contribution in [1.82, 2.24) is 10.1 Å². The van der Waals surface area contributed by atoms with Crippen LogP contribution in [-0.4, -0.2) is 21.4 Å². The van der Waals surface area contributed by atoms with E-state index in [1.165, 1.54) is 12.1 Å². The van der Waals surface area contributed by atoms with Crippen LogP contribution in [0.15, 0.2) is 22.7 Å². The number of hydrogen-bond acceptors (Lipinski definition) is 4. The van der Waals surface area contributed by atoms with Gasteiger partial charge in [-0.1, -0.05) is 29.6 Å². The molecule has 1 aliphatic rings. The van der Waals surface area contributed by atoms with Crippen LogP contribution in [-0.2, 0) is 6.42 Å². The summed E-state index contributed by atoms with van der Waals surface area (Å²) in [6.07, 6.45) is 4.27. The van der Waals surface area contributed by atoms with Crippen molar-refractivity contribution in [3.8, 4) is 11.4 Å². The zero-order valence-corrected chi connectivity index (χ0v) is 12.2. The molecular formula is C15H16ClFN2O2. The Morgan fingerprint density at radius 3 is 2.90 bits per heavy atom. The molecule has 1 aromatic heterocycles. The largest absolute Gasteiger partial charge is 0.393 e. The first-order valence-corrected chi connectivity index (χ1v) is 7.47. The fourth-order valence-electron chi connectivity index (χ4n) is 2.74. The summed E-state index contributed by atoms with van der Waals surface area (Å²) in [7, 11) is 0. The highest BCUT2D eigenvalue weighted by Gasteiger charge is 2.25. The summed E-state index contributed by atoms with van der Waals surface area (Å²) in [5.74, 6) is 0.576. The Morgan fingerprint density at radius 1 is 1.33 bits per heavy atom. The highest BCUT2D eigenvalue weighted by molar-refractivity contribution is 6.31. The first-order valence-electron chi connectivity index (χ1n) is 7.09. The summed E-state index contributed by atoms with van der Waals surface area (Å²) in [5.41, 5.74) is 0.612. The number of benzene rings is 1. The van der Waals surface area contributed by atoms with Gasteiger partial charge in [-0.25, -0.2) is 4.39 Å². The Hall–Kier alpha value is -1.46. The number of nitrogens with zero attached hydrogens (tertiary/aromatic N) is 2. The van der Waals surface area contributed by atoms with E-state index in [-0.39, 0.29) is 17.0 Å². The third-order valence-electron chi connectivity index (χ3n) is 3.95. The molecule has 1 heterocycles. The van der Waals surface area contributed by atoms with Gasteiger partial charge in [0.2, 0.25) is 11.7 Å². The standard InChI is InChI=1S/C15H16ClFN2O2/c16-11-7-10(5-6-12(11)17)15-18-14(21-19-15)8-9-3-1-2-4-13(9)20/h5-7,9,13,20H,1-4,8H2. The maximum Gasteiger partial charge on any atom is 0.227 e. The normalized spacial score (nSPS) is 22.4. The molecule has 1 aromatic carbocycles. The van der Waals surface area contributed by atoms with Gasteiger partial charge < -0.3 is 9.63 Å². The fourth-order valence-corrected chi connectivity index (χ4v) is 2.92. The number of aliphatic hydroxyl groups excluding tert-OH is 1. The van der Waals surface area contributed by atoms with Gasteiger partial charge in [-0.05, 0) is 37.0 Å². The summed E-state index contributed by atoms with van der Waals surface area (Å²) in [5, 5.41) is 13.9. The van der Waals surface area contributed by atoms with Gasteiger partial charge in [-0.15, -0.1) is 0 Å². The van der Waals surface area contributed by atoms with E-state index in [9.17, 15) is 9.50 Å². The van der Waals surface area contributed by atoms with Gasteiger partial charge in [-0.2, -0.15) is 4.98 Å². The smallest absolute Gasteiger partial charge is 0.227 e. The first kappa shape index (κ1) is 14.5. The van der Waals surface area contributed by atoms with Gasteiger partial charge >= 0.3 is 0 Å². The second-order valence-corrected chi connectivity index (χ2v) is 5.86. The molecule has 0 bridgehead atoms. The van der Waals surface area contributed by atoms with Gasteiger partial charge in [0, 0.05) is 12.0 Å². The molecule has 0 aliphatic heterocycles. The SMILES string of the molecule is OC1CCCCC1Cc1nc(-c2ccc(F)c(Cl)c2)no1. The molecule has 2 unspecified atom stereocenters. The molecule has 2 atom stereocenters. The van der Waals surface area contributed by atoms with E-state index in [1.807, 2.05) is 0 Å². The van der Waals surface area contributed by atoms with E-state index in [1.54, 1.807) is 6.07 Å². The van der Waals surface area contributed by atoms with Crippen LogP contribution in [0.1, 0.15) is 31.6 Å². The van der Waals surface area contributed by atoms with Crippen molar-refractivity contribution in [3.63, 3.8) is 0 Å². The lowest BCUT2D eigenvalue weighted by Gasteiger charge is -2.26. The molecule has 21 heavy (non-hydrogen) atoms. The molecule has 0 saturated heterocycles. The average Bonchev–Trinajstić information content (AvgIpc) is 2.93. The molecule has 4 nitrogen and oxygen atoms in total. The maximum absolute atomic E-state index is 13.1. The van der Waals surface area contributed by atoms with Crippen LogP contribution in [0.25, 0.3) is 11.4 Å². The molecule has 2 aromatic rings. The number of aromatic nitrogens is 2. The Kier molecular flexibility index (Phi) is 4.22. The van der Waals surface area contributed by atoms with Crippen LogP contribution >= 0.6 is 11.6 Å². The van der Waals surface area contributed by atoms with Crippen molar-refractivity contribution in [2.24, 2.45) is 5.92 Å². The minimum Gasteiger partial charge on any atom is -0.393 e. The molecule has 1 aliphatic carbocycles. The number of rotatable bonds is 3. The van der Waals surface area contributed by atoms with Crippen molar-refractivity contribution in [2.45, 2.75) is 38.2 Å². The summed E-state index contributed by atoms with van der Waals surface area (Å²) in [6, 6.07) is 4.31. The fraction of sp³-hybridized carbons (Fsp3) is 0.467. The van der Waals surface area contributed by atoms with Crippen molar-refractivity contribution in [2.75, 3.05) is 0 Å². The predicted molar refractivity (Wildman–Crippen MR) is 76.4 cm³/mol. The van der Waals surface area contributed by atoms with E-state index in [2.05, 4.69) is 10.1 Å². The van der Waals surface area contributed by atoms with Gasteiger partial charge in [0.15, 0.2) is 0 Å². The van der Waals surface area contributed by atoms with Crippen LogP contribution in [0.2, 0.25) is 5.02 Å². The van der Waals surface area contributed by atoms with Gasteiger partial charge in [0.25, 0.3) is 0 Å². The summed E-state index contributed by atoms with van der Waals surface area (Å²) in [4.78, 5) is 4.31. The Balaban J connectivity index is 1.75. The molecule has 0 radical (unpaired) electrons. The van der Waals surface area contributed by atoms with Crippen LogP contribution in [0, 0.1) is 11.7 Å². The Morgan fingerprint density at radius 2 is 2.14 bits per heavy atom. The Labute approximate surface area is 126 Å². The summed E-state index contributed by atoms with van der Waals surface area (Å²) in [6.45, 7) is 0. The predicted octanol–water partition coefficient (Wildman–Crippen LogP) is 3.62. The minimum atomic E-state index is -0.477. The van der Waals surface area contributed by atoms with E-state index in [0.717, 1.165) is 25.7 Å². The third-order valence-corrected chi connectivity index (χ3v) is 4.24. The lowest BCUT2D eigenvalue weighted by atomic mass is 9.84. The van der Waals surface area contributed by atoms with Gasteiger partial charge in [-0.3, -0.25) is 0 Å². The van der Waals surface area contributed by atoms with E-state index in [4.69, 9.17) is 16.1 Å². The van der Waals surface area contributed by atoms with Gasteiger partial charge in [0.1, 0.15) is 5.82 Å². The molecule has 0 spiro atoms. The Bertz CT molecular complexity index is 632. The molecular weight excluding hydrogens is 295 g/mol. The highest BCUT2D eigenvalue weighted by atomic mass is 35.5. The van der Waals surface area contributed by atoms with Gasteiger partial charge in [0.05, 0.1) is 11.1 Å². The van der Waals surface area contributed by atoms with Crippen molar-refractivity contribution in [3.05, 3.63) is 34.9 Å². The number of aliphatic hydroxyl groups is 1. The first-order chi connectivity index (χ1) is 10.1. The topological polar surface area (TPSA) is 59.2 Å². The average molecular weight is 311 g/mol. The molecule has 3 rings (SSSR count). The maximum atomic E-state index is 13.1. The van der Waals surface area contributed by atoms with E-state index >= 15 is 0 Å². The van der Waals surface area contributed by atoms with Crippen LogP contribution in [0.3, 0.4) is 0 Å². The quantitative estimate of drug-likeness (QED) is 0.940. The van der Waals surface area contributed by atoms with Crippen LogP contribution < -0.4 is 0 Å².